The molecule has 5 heteroatoms. The fourth-order valence-electron chi connectivity index (χ4n) is 1.91. The number of aliphatic hydroxyl groups is 1. The molecule has 0 spiro atoms. The fourth-order valence-corrected chi connectivity index (χ4v) is 3.30. The van der Waals surface area contributed by atoms with E-state index in [2.05, 4.69) is 0 Å². The molecule has 0 amide bonds. The minimum absolute atomic E-state index is 0.164. The van der Waals surface area contributed by atoms with Gasteiger partial charge in [0.1, 0.15) is 5.54 Å². The maximum absolute atomic E-state index is 11.4. The van der Waals surface area contributed by atoms with E-state index in [0.717, 1.165) is 6.42 Å². The van der Waals surface area contributed by atoms with Crippen LogP contribution in [0.4, 0.5) is 0 Å². The van der Waals surface area contributed by atoms with Crippen molar-refractivity contribution >= 4 is 17.7 Å². The molecule has 0 bridgehead atoms. The summed E-state index contributed by atoms with van der Waals surface area (Å²) in [6.07, 6.45) is 2.24. The number of hydrogen-bond donors (Lipinski definition) is 2. The predicted molar refractivity (Wildman–Crippen MR) is 60.7 cm³/mol. The first-order valence-electron chi connectivity index (χ1n) is 5.15. The van der Waals surface area contributed by atoms with Gasteiger partial charge in [0.15, 0.2) is 0 Å². The summed E-state index contributed by atoms with van der Waals surface area (Å²) in [5, 5.41) is 9.50. The number of carbonyl (C=O) groups is 1. The Labute approximate surface area is 94.6 Å². The van der Waals surface area contributed by atoms with Gasteiger partial charge in [0.2, 0.25) is 0 Å². The highest BCUT2D eigenvalue weighted by molar-refractivity contribution is 8.00. The Hall–Kier alpha value is -0.260. The van der Waals surface area contributed by atoms with Crippen LogP contribution in [0.3, 0.4) is 0 Å². The van der Waals surface area contributed by atoms with Crippen molar-refractivity contribution in [3.05, 3.63) is 0 Å². The van der Waals surface area contributed by atoms with Crippen LogP contribution in [-0.4, -0.2) is 40.8 Å². The van der Waals surface area contributed by atoms with Crippen molar-refractivity contribution in [3.8, 4) is 0 Å². The van der Waals surface area contributed by atoms with Gasteiger partial charge in [-0.15, -0.1) is 0 Å². The topological polar surface area (TPSA) is 72.5 Å². The van der Waals surface area contributed by atoms with Crippen LogP contribution in [0, 0.1) is 0 Å². The summed E-state index contributed by atoms with van der Waals surface area (Å²) in [5.74, 6) is -0.317. The molecule has 3 unspecified atom stereocenters. The maximum Gasteiger partial charge on any atom is 0.325 e. The fraction of sp³-hybridized carbons (Fsp3) is 0.900. The Balaban J connectivity index is 2.47. The molecule has 0 aliphatic heterocycles. The molecule has 0 radical (unpaired) electrons. The highest BCUT2D eigenvalue weighted by Gasteiger charge is 2.43. The van der Waals surface area contributed by atoms with E-state index in [0.29, 0.717) is 18.1 Å². The largest absolute Gasteiger partial charge is 0.468 e. The zero-order valence-electron chi connectivity index (χ0n) is 9.23. The molecule has 15 heavy (non-hydrogen) atoms. The average molecular weight is 233 g/mol. The van der Waals surface area contributed by atoms with Crippen molar-refractivity contribution in [2.75, 3.05) is 13.7 Å². The van der Waals surface area contributed by atoms with Gasteiger partial charge in [0, 0.05) is 10.5 Å². The number of carbonyl (C=O) groups excluding carboxylic acids is 1. The summed E-state index contributed by atoms with van der Waals surface area (Å²) < 4.78 is 4.69. The number of hydrogen-bond acceptors (Lipinski definition) is 5. The number of methoxy groups -OCH3 is 1. The van der Waals surface area contributed by atoms with Gasteiger partial charge in [-0.1, -0.05) is 6.92 Å². The number of nitrogens with two attached hydrogens (primary N) is 1. The van der Waals surface area contributed by atoms with Gasteiger partial charge in [-0.05, 0) is 19.3 Å². The molecule has 0 saturated heterocycles. The minimum atomic E-state index is -0.804. The van der Waals surface area contributed by atoms with Gasteiger partial charge in [-0.25, -0.2) is 0 Å². The summed E-state index contributed by atoms with van der Waals surface area (Å²) in [6, 6.07) is 0. The lowest BCUT2D eigenvalue weighted by atomic mass is 10.00. The monoisotopic (exact) mass is 233 g/mol. The van der Waals surface area contributed by atoms with Crippen LogP contribution < -0.4 is 5.73 Å². The van der Waals surface area contributed by atoms with Crippen molar-refractivity contribution in [3.63, 3.8) is 0 Å². The van der Waals surface area contributed by atoms with Crippen LogP contribution in [0.25, 0.3) is 0 Å². The van der Waals surface area contributed by atoms with Gasteiger partial charge in [0.25, 0.3) is 0 Å². The smallest absolute Gasteiger partial charge is 0.325 e. The average Bonchev–Trinajstić information content (AvgIpc) is 2.60. The van der Waals surface area contributed by atoms with Crippen molar-refractivity contribution in [1.82, 2.24) is 0 Å². The second kappa shape index (κ2) is 5.18. The zero-order valence-corrected chi connectivity index (χ0v) is 10.0. The van der Waals surface area contributed by atoms with Crippen LogP contribution in [0.2, 0.25) is 0 Å². The molecule has 1 aliphatic carbocycles. The van der Waals surface area contributed by atoms with Gasteiger partial charge in [0.05, 0.1) is 13.7 Å². The Morgan fingerprint density at radius 3 is 3.00 bits per heavy atom. The lowest BCUT2D eigenvalue weighted by Gasteiger charge is -2.21. The predicted octanol–water partition coefficient (Wildman–Crippen LogP) is 0.523. The zero-order chi connectivity index (χ0) is 11.5. The quantitative estimate of drug-likeness (QED) is 0.693. The number of thioether (sulfide) groups is 1. The highest BCUT2D eigenvalue weighted by Crippen LogP contribution is 2.37. The van der Waals surface area contributed by atoms with Crippen molar-refractivity contribution in [2.24, 2.45) is 5.73 Å². The van der Waals surface area contributed by atoms with Crippen LogP contribution in [0.1, 0.15) is 26.2 Å². The first-order valence-corrected chi connectivity index (χ1v) is 6.09. The Bertz CT molecular complexity index is 237. The molecule has 1 fully saturated rings. The van der Waals surface area contributed by atoms with Gasteiger partial charge in [-0.3, -0.25) is 4.79 Å². The molecule has 0 aromatic rings. The van der Waals surface area contributed by atoms with E-state index in [4.69, 9.17) is 15.6 Å². The molecule has 1 saturated carbocycles. The number of aliphatic hydroxyl groups excluding tert-OH is 1. The van der Waals surface area contributed by atoms with E-state index in [-0.39, 0.29) is 17.8 Å². The molecule has 0 heterocycles. The molecule has 3 N–H and O–H groups in total. The third-order valence-corrected chi connectivity index (χ3v) is 4.18. The standard InChI is InChI=1S/C10H19NO3S/c1-7(6-12)15-8-3-4-10(11,5-8)9(13)14-2/h7-8,12H,3-6,11H2,1-2H3. The van der Waals surface area contributed by atoms with Crippen molar-refractivity contribution in [1.29, 1.82) is 0 Å². The van der Waals surface area contributed by atoms with E-state index in [1.54, 1.807) is 11.8 Å². The number of esters is 1. The summed E-state index contributed by atoms with van der Waals surface area (Å²) in [6.45, 7) is 2.14. The molecule has 3 atom stereocenters. The van der Waals surface area contributed by atoms with E-state index < -0.39 is 5.54 Å². The van der Waals surface area contributed by atoms with Crippen LogP contribution in [0.5, 0.6) is 0 Å². The van der Waals surface area contributed by atoms with Crippen LogP contribution in [0.15, 0.2) is 0 Å². The van der Waals surface area contributed by atoms with Crippen molar-refractivity contribution < 1.29 is 14.6 Å². The molecule has 0 aromatic carbocycles. The molecule has 4 nitrogen and oxygen atoms in total. The highest BCUT2D eigenvalue weighted by atomic mass is 32.2. The lowest BCUT2D eigenvalue weighted by molar-refractivity contribution is -0.146. The molecular weight excluding hydrogens is 214 g/mol. The van der Waals surface area contributed by atoms with E-state index >= 15 is 0 Å². The molecule has 88 valence electrons. The summed E-state index contributed by atoms with van der Waals surface area (Å²) in [4.78, 5) is 11.4. The third kappa shape index (κ3) is 3.09. The summed E-state index contributed by atoms with van der Waals surface area (Å²) in [5.41, 5.74) is 5.17. The Morgan fingerprint density at radius 1 is 1.80 bits per heavy atom. The second-order valence-corrected chi connectivity index (χ2v) is 5.89. The number of rotatable bonds is 4. The number of ether oxygens (including phenoxy) is 1. The van der Waals surface area contributed by atoms with Crippen LogP contribution >= 0.6 is 11.8 Å². The first kappa shape index (κ1) is 12.8. The summed E-state index contributed by atoms with van der Waals surface area (Å²) >= 11 is 1.70. The maximum atomic E-state index is 11.4. The van der Waals surface area contributed by atoms with Crippen molar-refractivity contribution in [2.45, 2.75) is 42.2 Å². The third-order valence-electron chi connectivity index (χ3n) is 2.78. The van der Waals surface area contributed by atoms with E-state index in [1.807, 2.05) is 6.92 Å². The van der Waals surface area contributed by atoms with Gasteiger partial charge < -0.3 is 15.6 Å². The van der Waals surface area contributed by atoms with Crippen LogP contribution in [-0.2, 0) is 9.53 Å². The molecular formula is C10H19NO3S. The summed E-state index contributed by atoms with van der Waals surface area (Å²) in [7, 11) is 1.37. The second-order valence-electron chi connectivity index (χ2n) is 4.14. The van der Waals surface area contributed by atoms with E-state index in [9.17, 15) is 4.79 Å². The lowest BCUT2D eigenvalue weighted by Crippen LogP contribution is -2.46. The minimum Gasteiger partial charge on any atom is -0.468 e. The molecule has 0 aromatic heterocycles. The Kier molecular flexibility index (Phi) is 4.43. The molecule has 1 aliphatic rings. The Morgan fingerprint density at radius 2 is 2.47 bits per heavy atom. The van der Waals surface area contributed by atoms with Gasteiger partial charge in [-0.2, -0.15) is 11.8 Å². The van der Waals surface area contributed by atoms with E-state index in [1.165, 1.54) is 7.11 Å². The molecule has 1 rings (SSSR count). The van der Waals surface area contributed by atoms with Gasteiger partial charge >= 0.3 is 5.97 Å². The normalized spacial score (nSPS) is 32.7. The SMILES string of the molecule is COC(=O)C1(N)CCC(SC(C)CO)C1. The first-order chi connectivity index (χ1) is 7.01.